The summed E-state index contributed by atoms with van der Waals surface area (Å²) >= 11 is 0. The normalized spacial score (nSPS) is 13.2. The predicted octanol–water partition coefficient (Wildman–Crippen LogP) is 5.20. The minimum absolute atomic E-state index is 0.127. The van der Waals surface area contributed by atoms with Gasteiger partial charge in [-0.1, -0.05) is 37.6 Å². The largest absolute Gasteiger partial charge is 0.504 e. The van der Waals surface area contributed by atoms with E-state index < -0.39 is 0 Å². The molecule has 128 valence electrons. The summed E-state index contributed by atoms with van der Waals surface area (Å²) in [4.78, 5) is 0. The van der Waals surface area contributed by atoms with Crippen LogP contribution in [-0.2, 0) is 4.74 Å². The van der Waals surface area contributed by atoms with Gasteiger partial charge in [-0.15, -0.1) is 6.58 Å². The van der Waals surface area contributed by atoms with Gasteiger partial charge in [-0.2, -0.15) is 0 Å². The van der Waals surface area contributed by atoms with Crippen LogP contribution in [0.15, 0.2) is 36.9 Å². The van der Waals surface area contributed by atoms with E-state index in [0.717, 1.165) is 24.8 Å². The Hall–Kier alpha value is -1.74. The number of phenolic OH excluding ortho intramolecular Hbond substituents is 1. The Labute approximate surface area is 140 Å². The van der Waals surface area contributed by atoms with Gasteiger partial charge in [0.25, 0.3) is 0 Å². The van der Waals surface area contributed by atoms with Gasteiger partial charge in [0, 0.05) is 0 Å². The molecule has 1 aromatic carbocycles. The van der Waals surface area contributed by atoms with Crippen LogP contribution in [0.2, 0.25) is 0 Å². The molecule has 1 aromatic rings. The summed E-state index contributed by atoms with van der Waals surface area (Å²) in [6, 6.07) is 5.27. The number of allylic oxidation sites excluding steroid dienone is 1. The third kappa shape index (κ3) is 7.38. The van der Waals surface area contributed by atoms with E-state index in [1.54, 1.807) is 19.2 Å². The minimum atomic E-state index is -0.127. The van der Waals surface area contributed by atoms with Crippen molar-refractivity contribution in [3.63, 3.8) is 0 Å². The van der Waals surface area contributed by atoms with Crippen LogP contribution in [0.1, 0.15) is 45.6 Å². The molecule has 0 heterocycles. The molecule has 1 unspecified atom stereocenters. The van der Waals surface area contributed by atoms with Crippen molar-refractivity contribution in [3.8, 4) is 11.5 Å². The first-order chi connectivity index (χ1) is 10.9. The number of hydrogen-bond acceptors (Lipinski definition) is 3. The van der Waals surface area contributed by atoms with E-state index in [4.69, 9.17) is 9.47 Å². The van der Waals surface area contributed by atoms with Crippen LogP contribution < -0.4 is 4.74 Å². The van der Waals surface area contributed by atoms with Gasteiger partial charge in [-0.25, -0.2) is 0 Å². The first-order valence-electron chi connectivity index (χ1n) is 8.18. The molecule has 0 bridgehead atoms. The summed E-state index contributed by atoms with van der Waals surface area (Å²) in [7, 11) is 1.54. The quantitative estimate of drug-likeness (QED) is 0.602. The van der Waals surface area contributed by atoms with E-state index in [0.29, 0.717) is 18.3 Å². The first kappa shape index (κ1) is 19.3. The summed E-state index contributed by atoms with van der Waals surface area (Å²) in [6.07, 6.45) is 9.28. The summed E-state index contributed by atoms with van der Waals surface area (Å²) < 4.78 is 11.1. The highest BCUT2D eigenvalue weighted by Gasteiger charge is 2.17. The van der Waals surface area contributed by atoms with Crippen molar-refractivity contribution < 1.29 is 14.6 Å². The lowest BCUT2D eigenvalue weighted by Crippen LogP contribution is -2.24. The molecule has 3 heteroatoms. The van der Waals surface area contributed by atoms with E-state index in [2.05, 4.69) is 27.4 Å². The molecule has 0 spiro atoms. The Kier molecular flexibility index (Phi) is 7.90. The molecule has 0 aliphatic carbocycles. The highest BCUT2D eigenvalue weighted by molar-refractivity contribution is 5.55. The van der Waals surface area contributed by atoms with Crippen molar-refractivity contribution in [1.82, 2.24) is 0 Å². The molecule has 0 aliphatic heterocycles. The fourth-order valence-electron chi connectivity index (χ4n) is 2.30. The van der Waals surface area contributed by atoms with Gasteiger partial charge in [0.2, 0.25) is 0 Å². The molecule has 0 fully saturated rings. The number of ether oxygens (including phenoxy) is 2. The second kappa shape index (κ2) is 9.41. The molecule has 0 saturated carbocycles. The summed E-state index contributed by atoms with van der Waals surface area (Å²) in [5, 5.41) is 9.57. The standard InChI is InChI=1S/C20H30O3/c1-6-16(2)9-7-13-20(3,4)23-14-8-10-17-11-12-18(21)19(15-17)22-5/h6,8,10-12,15-16,21H,1,7,9,13-14H2,2-5H3. The van der Waals surface area contributed by atoms with Crippen molar-refractivity contribution in [2.45, 2.75) is 45.6 Å². The predicted molar refractivity (Wildman–Crippen MR) is 96.9 cm³/mol. The number of aromatic hydroxyl groups is 1. The Morgan fingerprint density at radius 2 is 2.09 bits per heavy atom. The second-order valence-electron chi connectivity index (χ2n) is 6.51. The molecular weight excluding hydrogens is 288 g/mol. The molecule has 1 rings (SSSR count). The lowest BCUT2D eigenvalue weighted by Gasteiger charge is -2.25. The van der Waals surface area contributed by atoms with Crippen molar-refractivity contribution >= 4 is 6.08 Å². The second-order valence-corrected chi connectivity index (χ2v) is 6.51. The Balaban J connectivity index is 2.41. The molecule has 0 aromatic heterocycles. The monoisotopic (exact) mass is 318 g/mol. The highest BCUT2D eigenvalue weighted by atomic mass is 16.5. The van der Waals surface area contributed by atoms with Crippen molar-refractivity contribution in [1.29, 1.82) is 0 Å². The smallest absolute Gasteiger partial charge is 0.161 e. The number of hydrogen-bond donors (Lipinski definition) is 1. The summed E-state index contributed by atoms with van der Waals surface area (Å²) in [5.74, 6) is 1.19. The van der Waals surface area contributed by atoms with Crippen molar-refractivity contribution in [2.24, 2.45) is 5.92 Å². The van der Waals surface area contributed by atoms with Crippen LogP contribution in [0, 0.1) is 5.92 Å². The highest BCUT2D eigenvalue weighted by Crippen LogP contribution is 2.26. The van der Waals surface area contributed by atoms with E-state index in [1.165, 1.54) is 0 Å². The SMILES string of the molecule is C=CC(C)CCCC(C)(C)OCC=Cc1ccc(O)c(OC)c1. The average molecular weight is 318 g/mol. The van der Waals surface area contributed by atoms with Crippen LogP contribution >= 0.6 is 0 Å². The van der Waals surface area contributed by atoms with E-state index in [1.807, 2.05) is 24.3 Å². The van der Waals surface area contributed by atoms with Crippen LogP contribution in [-0.4, -0.2) is 24.4 Å². The maximum Gasteiger partial charge on any atom is 0.161 e. The minimum Gasteiger partial charge on any atom is -0.504 e. The van der Waals surface area contributed by atoms with Gasteiger partial charge in [-0.05, 0) is 50.3 Å². The number of methoxy groups -OCH3 is 1. The third-order valence-electron chi connectivity index (χ3n) is 3.93. The zero-order valence-corrected chi connectivity index (χ0v) is 14.8. The van der Waals surface area contributed by atoms with E-state index in [9.17, 15) is 5.11 Å². The fourth-order valence-corrected chi connectivity index (χ4v) is 2.30. The molecule has 3 nitrogen and oxygen atoms in total. The molecule has 1 N–H and O–H groups in total. The first-order valence-corrected chi connectivity index (χ1v) is 8.18. The van der Waals surface area contributed by atoms with Gasteiger partial charge in [0.15, 0.2) is 11.5 Å². The Bertz CT molecular complexity index is 518. The van der Waals surface area contributed by atoms with Crippen LogP contribution in [0.25, 0.3) is 6.08 Å². The van der Waals surface area contributed by atoms with Crippen molar-refractivity contribution in [3.05, 3.63) is 42.5 Å². The zero-order valence-electron chi connectivity index (χ0n) is 14.8. The zero-order chi connectivity index (χ0) is 17.3. The molecule has 0 aliphatic rings. The topological polar surface area (TPSA) is 38.7 Å². The maximum absolute atomic E-state index is 9.57. The van der Waals surface area contributed by atoms with E-state index >= 15 is 0 Å². The van der Waals surface area contributed by atoms with Crippen LogP contribution in [0.4, 0.5) is 0 Å². The van der Waals surface area contributed by atoms with Gasteiger partial charge in [0.05, 0.1) is 19.3 Å². The molecule has 0 amide bonds. The molecule has 1 atom stereocenters. The third-order valence-corrected chi connectivity index (χ3v) is 3.93. The summed E-state index contributed by atoms with van der Waals surface area (Å²) in [5.41, 5.74) is 0.846. The van der Waals surface area contributed by atoms with Gasteiger partial charge >= 0.3 is 0 Å². The van der Waals surface area contributed by atoms with Crippen LogP contribution in [0.5, 0.6) is 11.5 Å². The van der Waals surface area contributed by atoms with Gasteiger partial charge in [-0.3, -0.25) is 0 Å². The lowest BCUT2D eigenvalue weighted by atomic mass is 9.97. The average Bonchev–Trinajstić information content (AvgIpc) is 2.52. The molecular formula is C20H30O3. The van der Waals surface area contributed by atoms with Crippen LogP contribution in [0.3, 0.4) is 0 Å². The lowest BCUT2D eigenvalue weighted by molar-refractivity contribution is -0.00909. The molecule has 0 saturated heterocycles. The fraction of sp³-hybridized carbons (Fsp3) is 0.500. The summed E-state index contributed by atoms with van der Waals surface area (Å²) in [6.45, 7) is 10.8. The van der Waals surface area contributed by atoms with Gasteiger partial charge < -0.3 is 14.6 Å². The maximum atomic E-state index is 9.57. The number of phenols is 1. The molecule has 0 radical (unpaired) electrons. The molecule has 23 heavy (non-hydrogen) atoms. The van der Waals surface area contributed by atoms with Crippen molar-refractivity contribution in [2.75, 3.05) is 13.7 Å². The van der Waals surface area contributed by atoms with E-state index in [-0.39, 0.29) is 11.4 Å². The Morgan fingerprint density at radius 1 is 1.35 bits per heavy atom. The number of benzene rings is 1. The Morgan fingerprint density at radius 3 is 2.74 bits per heavy atom. The van der Waals surface area contributed by atoms with Gasteiger partial charge in [0.1, 0.15) is 0 Å². The number of rotatable bonds is 10.